The normalized spacial score (nSPS) is 9.36. The summed E-state index contributed by atoms with van der Waals surface area (Å²) < 4.78 is 5.11. The molecule has 0 radical (unpaired) electrons. The van der Waals surface area contributed by atoms with Crippen molar-refractivity contribution in [2.75, 3.05) is 0 Å². The van der Waals surface area contributed by atoms with Gasteiger partial charge in [0.05, 0.1) is 0 Å². The van der Waals surface area contributed by atoms with Crippen molar-refractivity contribution >= 4 is 17.8 Å². The molecule has 11 heavy (non-hydrogen) atoms. The molecule has 3 heteroatoms. The van der Waals surface area contributed by atoms with Gasteiger partial charge in [0.2, 0.25) is 0 Å². The Morgan fingerprint density at radius 3 is 3.18 bits per heavy atom. The molecule has 0 N–H and O–H groups in total. The molecule has 0 aliphatic carbocycles. The second-order valence-electron chi connectivity index (χ2n) is 2.29. The molecule has 0 fully saturated rings. The van der Waals surface area contributed by atoms with Gasteiger partial charge in [-0.05, 0) is 0 Å². The van der Waals surface area contributed by atoms with E-state index in [9.17, 15) is 0 Å². The molecule has 0 saturated carbocycles. The average molecular weight is 141 g/mol. The number of rotatable bonds is 0. The van der Waals surface area contributed by atoms with Crippen LogP contribution in [-0.2, 0) is 0 Å². The van der Waals surface area contributed by atoms with E-state index in [1.165, 1.54) is 0 Å². The summed E-state index contributed by atoms with van der Waals surface area (Å²) in [4.78, 5) is 0. The number of benzene rings is 1. The molecule has 0 atom stereocenters. The van der Waals surface area contributed by atoms with Crippen molar-refractivity contribution in [3.63, 3.8) is 0 Å². The average Bonchev–Trinajstić information content (AvgIpc) is 2.50. The molecule has 1 aromatic carbocycles. The van der Waals surface area contributed by atoms with Crippen LogP contribution in [0.5, 0.6) is 0 Å². The van der Waals surface area contributed by atoms with Gasteiger partial charge in [-0.15, -0.1) is 0 Å². The molecule has 2 rings (SSSR count). The van der Waals surface area contributed by atoms with Crippen LogP contribution in [0.3, 0.4) is 0 Å². The van der Waals surface area contributed by atoms with Crippen LogP contribution in [0.15, 0.2) is 28.8 Å². The molecular weight excluding hydrogens is 137 g/mol. The van der Waals surface area contributed by atoms with Gasteiger partial charge in [-0.3, -0.25) is 0 Å². The zero-order chi connectivity index (χ0) is 7.68. The van der Waals surface area contributed by atoms with Crippen LogP contribution in [-0.4, -0.2) is 6.91 Å². The van der Waals surface area contributed by atoms with Crippen molar-refractivity contribution in [1.29, 1.82) is 5.26 Å². The van der Waals surface area contributed by atoms with Crippen molar-refractivity contribution in [2.24, 2.45) is 0 Å². The van der Waals surface area contributed by atoms with Crippen LogP contribution in [0.25, 0.3) is 10.9 Å². The monoisotopic (exact) mass is 141 g/mol. The molecule has 2 aromatic rings. The molecule has 2 nitrogen and oxygen atoms in total. The summed E-state index contributed by atoms with van der Waals surface area (Å²) in [7, 11) is 0. The number of hydrogen-bond donors (Lipinski definition) is 0. The zero-order valence-corrected chi connectivity index (χ0v) is 5.74. The Balaban J connectivity index is 2.79. The molecule has 0 spiro atoms. The van der Waals surface area contributed by atoms with E-state index in [0.717, 1.165) is 10.9 Å². The Labute approximate surface area is 64.3 Å². The van der Waals surface area contributed by atoms with Gasteiger partial charge in [0, 0.05) is 0 Å². The molecule has 0 unspecified atom stereocenters. The predicted octanol–water partition coefficient (Wildman–Crippen LogP) is 1.64. The fraction of sp³-hybridized carbons (Fsp3) is 0. The summed E-state index contributed by atoms with van der Waals surface area (Å²) in [5, 5.41) is 9.53. The molecule has 0 bridgehead atoms. The van der Waals surface area contributed by atoms with E-state index < -0.39 is 0 Å². The summed E-state index contributed by atoms with van der Waals surface area (Å²) in [5.41, 5.74) is 1.49. The molecule has 0 amide bonds. The van der Waals surface area contributed by atoms with Gasteiger partial charge in [-0.1, -0.05) is 0 Å². The van der Waals surface area contributed by atoms with Gasteiger partial charge < -0.3 is 0 Å². The molecule has 1 aromatic heterocycles. The summed E-state index contributed by atoms with van der Waals surface area (Å²) in [6.07, 6.45) is 1.62. The number of hydrogen-bond acceptors (Lipinski definition) is 2. The first-order valence-electron chi connectivity index (χ1n) is 3.27. The van der Waals surface area contributed by atoms with Crippen LogP contribution in [0.2, 0.25) is 0 Å². The third-order valence-electron chi connectivity index (χ3n) is 1.58. The molecule has 1 heterocycles. The molecule has 0 aliphatic rings. The van der Waals surface area contributed by atoms with E-state index in [1.807, 2.05) is 6.91 Å². The minimum absolute atomic E-state index is 0.666. The van der Waals surface area contributed by atoms with Gasteiger partial charge in [0.15, 0.2) is 0 Å². The number of fused-ring (bicyclic) bond motifs is 1. The van der Waals surface area contributed by atoms with Crippen molar-refractivity contribution < 1.29 is 4.42 Å². The van der Waals surface area contributed by atoms with E-state index in [2.05, 4.69) is 6.07 Å². The Kier molecular flexibility index (Phi) is 1.26. The second kappa shape index (κ2) is 2.24. The van der Waals surface area contributed by atoms with E-state index >= 15 is 0 Å². The van der Waals surface area contributed by atoms with Gasteiger partial charge >= 0.3 is 63.4 Å². The van der Waals surface area contributed by atoms with Crippen molar-refractivity contribution in [1.82, 2.24) is 0 Å². The van der Waals surface area contributed by atoms with E-state index in [1.54, 1.807) is 24.4 Å². The van der Waals surface area contributed by atoms with Gasteiger partial charge in [-0.2, -0.15) is 0 Å². The maximum absolute atomic E-state index is 8.55. The quantitative estimate of drug-likeness (QED) is 0.559. The van der Waals surface area contributed by atoms with Crippen LogP contribution in [0, 0.1) is 11.3 Å². The van der Waals surface area contributed by atoms with Crippen LogP contribution < -0.4 is 0 Å². The standard InChI is InChI=1S/C8H4BNO/c10-4-6-1-2-8-7(3-6)9-5-11-8/h1-3,5H. The van der Waals surface area contributed by atoms with Gasteiger partial charge in [0.1, 0.15) is 0 Å². The summed E-state index contributed by atoms with van der Waals surface area (Å²) in [6, 6.07) is 7.41. The van der Waals surface area contributed by atoms with Gasteiger partial charge in [-0.25, -0.2) is 0 Å². The summed E-state index contributed by atoms with van der Waals surface area (Å²) in [5.74, 6) is 0. The fourth-order valence-corrected chi connectivity index (χ4v) is 1.04. The summed E-state index contributed by atoms with van der Waals surface area (Å²) >= 11 is 0. The topological polar surface area (TPSA) is 36.9 Å². The molecule has 0 saturated heterocycles. The number of nitrogens with zero attached hydrogens (tertiary/aromatic N) is 1. The second-order valence-corrected chi connectivity index (χ2v) is 2.29. The Hall–Kier alpha value is -1.56. The third-order valence-corrected chi connectivity index (χ3v) is 1.58. The van der Waals surface area contributed by atoms with E-state index in [0.29, 0.717) is 5.56 Å². The molecule has 0 aliphatic heterocycles. The minimum atomic E-state index is 0.666. The maximum atomic E-state index is 8.55. The van der Waals surface area contributed by atoms with Crippen LogP contribution in [0.4, 0.5) is 0 Å². The molecule has 50 valence electrons. The van der Waals surface area contributed by atoms with E-state index in [4.69, 9.17) is 9.68 Å². The first-order valence-corrected chi connectivity index (χ1v) is 3.27. The predicted molar refractivity (Wildman–Crippen MR) is 42.3 cm³/mol. The van der Waals surface area contributed by atoms with Crippen molar-refractivity contribution in [3.8, 4) is 6.07 Å². The van der Waals surface area contributed by atoms with E-state index in [-0.39, 0.29) is 0 Å². The molecular formula is C8H4BNO. The first-order chi connectivity index (χ1) is 5.40. The van der Waals surface area contributed by atoms with Crippen LogP contribution in [0.1, 0.15) is 5.56 Å². The van der Waals surface area contributed by atoms with Crippen molar-refractivity contribution in [2.45, 2.75) is 0 Å². The Morgan fingerprint density at radius 1 is 1.45 bits per heavy atom. The van der Waals surface area contributed by atoms with Crippen molar-refractivity contribution in [3.05, 3.63) is 29.9 Å². The SMILES string of the molecule is N#Cc1ccc2ocbc2c1. The zero-order valence-electron chi connectivity index (χ0n) is 5.74. The fourth-order valence-electron chi connectivity index (χ4n) is 1.04. The third kappa shape index (κ3) is 0.928. The van der Waals surface area contributed by atoms with Gasteiger partial charge in [0.25, 0.3) is 0 Å². The Bertz CT molecular complexity index is 427. The summed E-state index contributed by atoms with van der Waals surface area (Å²) in [6.45, 7) is 1.84. The first kappa shape index (κ1) is 6.17. The Morgan fingerprint density at radius 2 is 2.36 bits per heavy atom. The number of nitriles is 1. The van der Waals surface area contributed by atoms with Crippen LogP contribution >= 0.6 is 0 Å².